The van der Waals surface area contributed by atoms with Crippen molar-refractivity contribution in [1.82, 2.24) is 0 Å². The molecule has 40 heavy (non-hydrogen) atoms. The van der Waals surface area contributed by atoms with Crippen molar-refractivity contribution in [2.24, 2.45) is 0 Å². The van der Waals surface area contributed by atoms with Crippen LogP contribution >= 0.6 is 0 Å². The molecule has 1 aliphatic heterocycles. The Bertz CT molecular complexity index is 1350. The molecule has 5 atom stereocenters. The van der Waals surface area contributed by atoms with Gasteiger partial charge < -0.3 is 54.7 Å². The SMILES string of the molecule is COc1ccc(C=Cc2cc(O)cc(OC3OC(COC(=O)c4cc(O)c(O)c(O)c4)C(O)C(O)C3O)c2)cc1. The zero-order chi connectivity index (χ0) is 29.0. The molecule has 1 saturated heterocycles. The van der Waals surface area contributed by atoms with Crippen molar-refractivity contribution in [2.45, 2.75) is 30.7 Å². The van der Waals surface area contributed by atoms with E-state index in [9.17, 15) is 40.5 Å². The van der Waals surface area contributed by atoms with E-state index in [-0.39, 0.29) is 17.1 Å². The van der Waals surface area contributed by atoms with Gasteiger partial charge in [0.15, 0.2) is 17.2 Å². The lowest BCUT2D eigenvalue weighted by atomic mass is 9.99. The van der Waals surface area contributed by atoms with Gasteiger partial charge in [-0.3, -0.25) is 0 Å². The molecule has 0 spiro atoms. The second kappa shape index (κ2) is 12.1. The van der Waals surface area contributed by atoms with E-state index in [1.165, 1.54) is 12.1 Å². The number of esters is 1. The highest BCUT2D eigenvalue weighted by Gasteiger charge is 2.45. The number of hydrogen-bond acceptors (Lipinski definition) is 12. The number of aromatic hydroxyl groups is 4. The first kappa shape index (κ1) is 28.5. The standard InChI is InChI=1S/C28H28O12/c1-37-18-6-4-14(5-7-18)2-3-15-8-17(29)12-19(9-15)39-28-26(35)25(34)24(33)22(40-28)13-38-27(36)16-10-20(30)23(32)21(31)11-16/h2-12,22,24-26,28-35H,13H2,1H3. The Morgan fingerprint density at radius 2 is 1.48 bits per heavy atom. The highest BCUT2D eigenvalue weighted by molar-refractivity contribution is 5.91. The summed E-state index contributed by atoms with van der Waals surface area (Å²) in [6.45, 7) is -0.609. The fourth-order valence-corrected chi connectivity index (χ4v) is 3.93. The summed E-state index contributed by atoms with van der Waals surface area (Å²) in [5.74, 6) is -2.73. The zero-order valence-electron chi connectivity index (χ0n) is 21.1. The van der Waals surface area contributed by atoms with Gasteiger partial charge in [-0.2, -0.15) is 0 Å². The molecule has 0 amide bonds. The van der Waals surface area contributed by atoms with Gasteiger partial charge in [-0.15, -0.1) is 0 Å². The first-order valence-electron chi connectivity index (χ1n) is 12.0. The Morgan fingerprint density at radius 3 is 2.12 bits per heavy atom. The monoisotopic (exact) mass is 556 g/mol. The predicted molar refractivity (Wildman–Crippen MR) is 139 cm³/mol. The van der Waals surface area contributed by atoms with Gasteiger partial charge in [0.1, 0.15) is 48.3 Å². The van der Waals surface area contributed by atoms with Gasteiger partial charge in [0.25, 0.3) is 0 Å². The fourth-order valence-electron chi connectivity index (χ4n) is 3.93. The third kappa shape index (κ3) is 6.55. The number of hydrogen-bond donors (Lipinski definition) is 7. The smallest absolute Gasteiger partial charge is 0.338 e. The second-order valence-corrected chi connectivity index (χ2v) is 8.96. The minimum atomic E-state index is -1.74. The number of carbonyl (C=O) groups excluding carboxylic acids is 1. The number of rotatable bonds is 8. The second-order valence-electron chi connectivity index (χ2n) is 8.96. The molecule has 0 aliphatic carbocycles. The third-order valence-electron chi connectivity index (χ3n) is 6.10. The van der Waals surface area contributed by atoms with E-state index in [1.54, 1.807) is 37.5 Å². The van der Waals surface area contributed by atoms with Gasteiger partial charge in [0, 0.05) is 6.07 Å². The lowest BCUT2D eigenvalue weighted by Gasteiger charge is -2.39. The van der Waals surface area contributed by atoms with E-state index < -0.39 is 60.5 Å². The number of carbonyl (C=O) groups is 1. The van der Waals surface area contributed by atoms with Gasteiger partial charge in [0.05, 0.1) is 12.7 Å². The van der Waals surface area contributed by atoms with Crippen LogP contribution < -0.4 is 9.47 Å². The van der Waals surface area contributed by atoms with Crippen LogP contribution in [0, 0.1) is 0 Å². The number of phenolic OH excluding ortho intramolecular Hbond substituents is 4. The first-order valence-corrected chi connectivity index (χ1v) is 12.0. The Labute approximate surface area is 228 Å². The molecule has 1 heterocycles. The number of aliphatic hydroxyl groups is 3. The normalized spacial score (nSPS) is 22.6. The summed E-state index contributed by atoms with van der Waals surface area (Å²) < 4.78 is 21.4. The highest BCUT2D eigenvalue weighted by atomic mass is 16.7. The van der Waals surface area contributed by atoms with Gasteiger partial charge in [-0.05, 0) is 47.5 Å². The van der Waals surface area contributed by atoms with Crippen LogP contribution in [-0.2, 0) is 9.47 Å². The van der Waals surface area contributed by atoms with E-state index in [0.717, 1.165) is 17.7 Å². The predicted octanol–water partition coefficient (Wildman–Crippen LogP) is 1.73. The Morgan fingerprint density at radius 1 is 0.825 bits per heavy atom. The van der Waals surface area contributed by atoms with Crippen LogP contribution in [0.5, 0.6) is 34.5 Å². The summed E-state index contributed by atoms with van der Waals surface area (Å²) in [6, 6.07) is 13.3. The number of benzene rings is 3. The van der Waals surface area contributed by atoms with Crippen LogP contribution in [0.3, 0.4) is 0 Å². The Balaban J connectivity index is 1.44. The molecular formula is C28H28O12. The largest absolute Gasteiger partial charge is 0.508 e. The Hall–Kier alpha value is -4.49. The highest BCUT2D eigenvalue weighted by Crippen LogP contribution is 2.35. The van der Waals surface area contributed by atoms with Crippen molar-refractivity contribution in [3.63, 3.8) is 0 Å². The molecule has 0 saturated carbocycles. The minimum absolute atomic E-state index is 0.0767. The summed E-state index contributed by atoms with van der Waals surface area (Å²) in [4.78, 5) is 12.4. The molecule has 12 nitrogen and oxygen atoms in total. The average Bonchev–Trinajstić information content (AvgIpc) is 2.94. The van der Waals surface area contributed by atoms with Crippen molar-refractivity contribution < 1.29 is 59.5 Å². The van der Waals surface area contributed by atoms with Crippen molar-refractivity contribution in [3.05, 3.63) is 71.3 Å². The maximum atomic E-state index is 12.4. The van der Waals surface area contributed by atoms with E-state index in [0.29, 0.717) is 11.3 Å². The number of phenols is 4. The summed E-state index contributed by atoms with van der Waals surface area (Å²) in [5.41, 5.74) is 1.11. The minimum Gasteiger partial charge on any atom is -0.508 e. The van der Waals surface area contributed by atoms with Crippen molar-refractivity contribution in [1.29, 1.82) is 0 Å². The summed E-state index contributed by atoms with van der Waals surface area (Å²) in [7, 11) is 1.57. The van der Waals surface area contributed by atoms with Crippen LogP contribution in [-0.4, -0.2) is 86.1 Å². The van der Waals surface area contributed by atoms with Crippen molar-refractivity contribution in [3.8, 4) is 34.5 Å². The van der Waals surface area contributed by atoms with Gasteiger partial charge in [-0.1, -0.05) is 24.3 Å². The molecule has 1 fully saturated rings. The summed E-state index contributed by atoms with van der Waals surface area (Å²) in [6.07, 6.45) is -4.47. The van der Waals surface area contributed by atoms with E-state index >= 15 is 0 Å². The zero-order valence-corrected chi connectivity index (χ0v) is 21.1. The Kier molecular flexibility index (Phi) is 8.65. The van der Waals surface area contributed by atoms with Crippen LogP contribution in [0.2, 0.25) is 0 Å². The van der Waals surface area contributed by atoms with Crippen LogP contribution in [0.15, 0.2) is 54.6 Å². The first-order chi connectivity index (χ1) is 19.0. The number of methoxy groups -OCH3 is 1. The molecule has 0 aromatic heterocycles. The molecule has 7 N–H and O–H groups in total. The topological polar surface area (TPSA) is 196 Å². The molecule has 3 aromatic rings. The molecule has 212 valence electrons. The van der Waals surface area contributed by atoms with Gasteiger partial charge >= 0.3 is 5.97 Å². The summed E-state index contributed by atoms with van der Waals surface area (Å²) in [5, 5.41) is 69.9. The van der Waals surface area contributed by atoms with Crippen molar-refractivity contribution in [2.75, 3.05) is 13.7 Å². The van der Waals surface area contributed by atoms with E-state index in [4.69, 9.17) is 18.9 Å². The summed E-state index contributed by atoms with van der Waals surface area (Å²) >= 11 is 0. The maximum absolute atomic E-state index is 12.4. The number of aliphatic hydroxyl groups excluding tert-OH is 3. The maximum Gasteiger partial charge on any atom is 0.338 e. The molecule has 4 rings (SSSR count). The lowest BCUT2D eigenvalue weighted by molar-refractivity contribution is -0.277. The van der Waals surface area contributed by atoms with E-state index in [1.807, 2.05) is 12.1 Å². The average molecular weight is 557 g/mol. The molecule has 0 radical (unpaired) electrons. The van der Waals surface area contributed by atoms with Crippen LogP contribution in [0.25, 0.3) is 12.2 Å². The molecule has 5 unspecified atom stereocenters. The van der Waals surface area contributed by atoms with E-state index in [2.05, 4.69) is 0 Å². The molecular weight excluding hydrogens is 528 g/mol. The quantitative estimate of drug-likeness (QED) is 0.121. The molecule has 3 aromatic carbocycles. The third-order valence-corrected chi connectivity index (χ3v) is 6.10. The fraction of sp³-hybridized carbons (Fsp3) is 0.250. The van der Waals surface area contributed by atoms with Gasteiger partial charge in [0.2, 0.25) is 6.29 Å². The lowest BCUT2D eigenvalue weighted by Crippen LogP contribution is -2.60. The molecule has 12 heteroatoms. The number of ether oxygens (including phenoxy) is 4. The van der Waals surface area contributed by atoms with Crippen LogP contribution in [0.4, 0.5) is 0 Å². The molecule has 0 bridgehead atoms. The van der Waals surface area contributed by atoms with Gasteiger partial charge in [-0.25, -0.2) is 4.79 Å². The van der Waals surface area contributed by atoms with Crippen molar-refractivity contribution >= 4 is 18.1 Å². The molecule has 1 aliphatic rings. The van der Waals surface area contributed by atoms with Crippen LogP contribution in [0.1, 0.15) is 21.5 Å².